The molecule has 2 aliphatic heterocycles. The van der Waals surface area contributed by atoms with Crippen molar-refractivity contribution in [3.63, 3.8) is 0 Å². The minimum absolute atomic E-state index is 0.00409. The van der Waals surface area contributed by atoms with Crippen molar-refractivity contribution in [1.82, 2.24) is 14.1 Å². The maximum atomic E-state index is 13.8. The number of sulfonamides is 1. The van der Waals surface area contributed by atoms with Gasteiger partial charge in [0.15, 0.2) is 0 Å². The van der Waals surface area contributed by atoms with E-state index in [2.05, 4.69) is 29.2 Å². The number of carbonyl (C=O) groups is 1. The Labute approximate surface area is 206 Å². The molecule has 1 amide bonds. The molecule has 0 spiro atoms. The van der Waals surface area contributed by atoms with Gasteiger partial charge in [-0.1, -0.05) is 42.5 Å². The van der Waals surface area contributed by atoms with Crippen LogP contribution in [0.3, 0.4) is 0 Å². The zero-order valence-corrected chi connectivity index (χ0v) is 20.8. The molecule has 0 bridgehead atoms. The van der Waals surface area contributed by atoms with Gasteiger partial charge in [-0.3, -0.25) is 9.69 Å². The summed E-state index contributed by atoms with van der Waals surface area (Å²) in [6.07, 6.45) is 5.46. The summed E-state index contributed by atoms with van der Waals surface area (Å²) in [7, 11) is -2.63. The number of methoxy groups -OCH3 is 1. The van der Waals surface area contributed by atoms with E-state index in [-0.39, 0.29) is 23.1 Å². The summed E-state index contributed by atoms with van der Waals surface area (Å²) in [5, 5.41) is 0. The molecule has 1 atom stereocenters. The van der Waals surface area contributed by atoms with Gasteiger partial charge in [-0.2, -0.15) is 4.31 Å². The van der Waals surface area contributed by atoms with Crippen LogP contribution in [0.25, 0.3) is 6.08 Å². The van der Waals surface area contributed by atoms with E-state index in [0.29, 0.717) is 32.5 Å². The molecule has 4 rings (SSSR count). The van der Waals surface area contributed by atoms with Gasteiger partial charge in [0.25, 0.3) is 0 Å². The fourth-order valence-corrected chi connectivity index (χ4v) is 6.36. The van der Waals surface area contributed by atoms with E-state index in [1.807, 2.05) is 23.1 Å². The minimum atomic E-state index is -3.98. The lowest BCUT2D eigenvalue weighted by Crippen LogP contribution is -2.53. The molecule has 35 heavy (non-hydrogen) atoms. The lowest BCUT2D eigenvalue weighted by Gasteiger charge is -2.38. The zero-order valence-electron chi connectivity index (χ0n) is 20.0. The second-order valence-corrected chi connectivity index (χ2v) is 10.8. The van der Waals surface area contributed by atoms with Gasteiger partial charge in [0.05, 0.1) is 13.0 Å². The largest absolute Gasteiger partial charge is 0.495 e. The zero-order chi connectivity index (χ0) is 24.8. The van der Waals surface area contributed by atoms with Gasteiger partial charge < -0.3 is 9.64 Å². The van der Waals surface area contributed by atoms with Crippen LogP contribution in [0.2, 0.25) is 0 Å². The molecule has 2 aromatic carbocycles. The van der Waals surface area contributed by atoms with Gasteiger partial charge in [-0.15, -0.1) is 0 Å². The third-order valence-electron chi connectivity index (χ3n) is 6.63. The van der Waals surface area contributed by atoms with E-state index >= 15 is 0 Å². The Balaban J connectivity index is 1.33. The molecule has 2 heterocycles. The third kappa shape index (κ3) is 6.09. The van der Waals surface area contributed by atoms with Crippen LogP contribution < -0.4 is 4.74 Å². The molecule has 0 aromatic heterocycles. The maximum absolute atomic E-state index is 13.8. The van der Waals surface area contributed by atoms with E-state index in [9.17, 15) is 17.6 Å². The minimum Gasteiger partial charge on any atom is -0.495 e. The van der Waals surface area contributed by atoms with Gasteiger partial charge >= 0.3 is 0 Å². The first-order chi connectivity index (χ1) is 16.9. The summed E-state index contributed by atoms with van der Waals surface area (Å²) >= 11 is 0. The van der Waals surface area contributed by atoms with Crippen molar-refractivity contribution in [2.45, 2.75) is 17.7 Å². The summed E-state index contributed by atoms with van der Waals surface area (Å²) in [5.41, 5.74) is 1.16. The Morgan fingerprint density at radius 2 is 1.83 bits per heavy atom. The number of ether oxygens (including phenoxy) is 1. The summed E-state index contributed by atoms with van der Waals surface area (Å²) < 4.78 is 46.8. The van der Waals surface area contributed by atoms with Gasteiger partial charge in [0.1, 0.15) is 16.5 Å². The number of carbonyl (C=O) groups excluding carboxylic acids is 1. The molecule has 2 aliphatic rings. The van der Waals surface area contributed by atoms with E-state index in [1.165, 1.54) is 17.5 Å². The van der Waals surface area contributed by atoms with Crippen molar-refractivity contribution in [2.75, 3.05) is 52.9 Å². The number of piperidine rings is 1. The van der Waals surface area contributed by atoms with Gasteiger partial charge in [0.2, 0.25) is 15.9 Å². The molecule has 2 aromatic rings. The molecule has 0 unspecified atom stereocenters. The molecular weight excluding hydrogens is 469 g/mol. The average Bonchev–Trinajstić information content (AvgIpc) is 2.89. The monoisotopic (exact) mass is 501 g/mol. The molecule has 9 heteroatoms. The fourth-order valence-electron chi connectivity index (χ4n) is 4.66. The first-order valence-corrected chi connectivity index (χ1v) is 13.4. The van der Waals surface area contributed by atoms with E-state index in [4.69, 9.17) is 4.74 Å². The van der Waals surface area contributed by atoms with Crippen molar-refractivity contribution in [2.24, 2.45) is 5.92 Å². The number of piperazine rings is 1. The van der Waals surface area contributed by atoms with Crippen LogP contribution in [-0.4, -0.2) is 81.4 Å². The number of rotatable bonds is 7. The lowest BCUT2D eigenvalue weighted by atomic mass is 9.98. The second kappa shape index (κ2) is 11.3. The SMILES string of the molecule is COc1ccc(F)cc1S(=O)(=O)N1CCC[C@@H](C(=O)N2CCN(C/C=C/c3ccccc3)CC2)C1. The van der Waals surface area contributed by atoms with Crippen LogP contribution in [0.15, 0.2) is 59.5 Å². The van der Waals surface area contributed by atoms with Crippen molar-refractivity contribution >= 4 is 22.0 Å². The summed E-state index contributed by atoms with van der Waals surface area (Å²) in [6, 6.07) is 13.6. The molecular formula is C26H32FN3O4S. The van der Waals surface area contributed by atoms with Crippen LogP contribution in [0.5, 0.6) is 5.75 Å². The highest BCUT2D eigenvalue weighted by Crippen LogP contribution is 2.31. The van der Waals surface area contributed by atoms with Crippen LogP contribution in [-0.2, 0) is 14.8 Å². The molecule has 7 nitrogen and oxygen atoms in total. The summed E-state index contributed by atoms with van der Waals surface area (Å²) in [6.45, 7) is 4.02. The first-order valence-electron chi connectivity index (χ1n) is 11.9. The van der Waals surface area contributed by atoms with Crippen LogP contribution in [0, 0.1) is 11.7 Å². The van der Waals surface area contributed by atoms with E-state index in [0.717, 1.165) is 37.3 Å². The van der Waals surface area contributed by atoms with Crippen LogP contribution >= 0.6 is 0 Å². The van der Waals surface area contributed by atoms with Crippen molar-refractivity contribution in [1.29, 1.82) is 0 Å². The fraction of sp³-hybridized carbons (Fsp3) is 0.423. The van der Waals surface area contributed by atoms with Crippen molar-refractivity contribution in [3.8, 4) is 5.75 Å². The maximum Gasteiger partial charge on any atom is 0.246 e. The molecule has 188 valence electrons. The number of halogens is 1. The standard InChI is InChI=1S/C26H32FN3O4S/c1-34-24-12-11-23(27)19-25(24)35(32,33)30-14-6-10-22(20-30)26(31)29-17-15-28(16-18-29)13-5-9-21-7-3-2-4-8-21/h2-5,7-9,11-12,19,22H,6,10,13-18,20H2,1H3/b9-5+/t22-/m1/s1. The van der Waals surface area contributed by atoms with Crippen LogP contribution in [0.1, 0.15) is 18.4 Å². The normalized spacial score (nSPS) is 20.3. The Hall–Kier alpha value is -2.75. The first kappa shape index (κ1) is 25.3. The molecule has 2 saturated heterocycles. The summed E-state index contributed by atoms with van der Waals surface area (Å²) in [5.74, 6) is -0.957. The highest BCUT2D eigenvalue weighted by Gasteiger charge is 2.37. The quantitative estimate of drug-likeness (QED) is 0.583. The molecule has 0 N–H and O–H groups in total. The summed E-state index contributed by atoms with van der Waals surface area (Å²) in [4.78, 5) is 17.2. The average molecular weight is 502 g/mol. The Morgan fingerprint density at radius 3 is 2.54 bits per heavy atom. The molecule has 0 saturated carbocycles. The van der Waals surface area contributed by atoms with Crippen molar-refractivity contribution in [3.05, 3.63) is 66.0 Å². The number of hydrogen-bond donors (Lipinski definition) is 0. The van der Waals surface area contributed by atoms with Gasteiger partial charge in [-0.05, 0) is 36.6 Å². The number of amides is 1. The molecule has 0 radical (unpaired) electrons. The number of nitrogens with zero attached hydrogens (tertiary/aromatic N) is 3. The Kier molecular flexibility index (Phi) is 8.20. The number of hydrogen-bond acceptors (Lipinski definition) is 5. The topological polar surface area (TPSA) is 70.2 Å². The predicted octanol–water partition coefficient (Wildman–Crippen LogP) is 3.09. The molecule has 0 aliphatic carbocycles. The highest BCUT2D eigenvalue weighted by molar-refractivity contribution is 7.89. The second-order valence-electron chi connectivity index (χ2n) is 8.94. The highest BCUT2D eigenvalue weighted by atomic mass is 32.2. The smallest absolute Gasteiger partial charge is 0.246 e. The Morgan fingerprint density at radius 1 is 1.09 bits per heavy atom. The van der Waals surface area contributed by atoms with E-state index < -0.39 is 21.8 Å². The van der Waals surface area contributed by atoms with E-state index in [1.54, 1.807) is 0 Å². The predicted molar refractivity (Wildman–Crippen MR) is 133 cm³/mol. The lowest BCUT2D eigenvalue weighted by molar-refractivity contribution is -0.138. The number of benzene rings is 2. The van der Waals surface area contributed by atoms with Crippen molar-refractivity contribution < 1.29 is 22.3 Å². The Bertz CT molecular complexity index is 1150. The van der Waals surface area contributed by atoms with Gasteiger partial charge in [-0.25, -0.2) is 12.8 Å². The third-order valence-corrected chi connectivity index (χ3v) is 8.52. The van der Waals surface area contributed by atoms with Crippen LogP contribution in [0.4, 0.5) is 4.39 Å². The van der Waals surface area contributed by atoms with Gasteiger partial charge in [0, 0.05) is 45.8 Å². The molecule has 2 fully saturated rings.